The summed E-state index contributed by atoms with van der Waals surface area (Å²) >= 11 is 0. The third-order valence-electron chi connectivity index (χ3n) is 5.36. The molecule has 1 aromatic carbocycles. The Kier molecular flexibility index (Phi) is 10.9. The van der Waals surface area contributed by atoms with Crippen molar-refractivity contribution in [3.63, 3.8) is 0 Å². The fourth-order valence-corrected chi connectivity index (χ4v) is 3.59. The predicted octanol–water partition coefficient (Wildman–Crippen LogP) is 5.78. The van der Waals surface area contributed by atoms with Gasteiger partial charge in [0.25, 0.3) is 0 Å². The molecule has 1 aromatic rings. The van der Waals surface area contributed by atoms with Crippen LogP contribution in [-0.2, 0) is 26.2 Å². The van der Waals surface area contributed by atoms with Crippen LogP contribution in [0.1, 0.15) is 84.8 Å². The third kappa shape index (κ3) is 9.19. The summed E-state index contributed by atoms with van der Waals surface area (Å²) in [5.41, 5.74) is 2.18. The molecule has 0 unspecified atom stereocenters. The van der Waals surface area contributed by atoms with Crippen molar-refractivity contribution in [1.29, 1.82) is 0 Å². The summed E-state index contributed by atoms with van der Waals surface area (Å²) in [6, 6.07) is 6.27. The first kappa shape index (κ1) is 26.0. The normalized spacial score (nSPS) is 12.6. The zero-order valence-electron chi connectivity index (χ0n) is 19.6. The van der Waals surface area contributed by atoms with Gasteiger partial charge in [0.1, 0.15) is 5.75 Å². The smallest absolute Gasteiger partial charge is 0.344 e. The number of carbonyl (C=O) groups is 2. The van der Waals surface area contributed by atoms with Crippen molar-refractivity contribution in [3.05, 3.63) is 29.3 Å². The number of carboxylic acids is 1. The maximum Gasteiger partial charge on any atom is 0.344 e. The first-order valence-corrected chi connectivity index (χ1v) is 11.2. The Balaban J connectivity index is 2.58. The Bertz CT molecular complexity index is 673. The molecule has 0 fully saturated rings. The minimum absolute atomic E-state index is 0.0824. The van der Waals surface area contributed by atoms with Gasteiger partial charge in [-0.1, -0.05) is 66.0 Å². The molecule has 5 nitrogen and oxygen atoms in total. The van der Waals surface area contributed by atoms with Crippen LogP contribution in [0.3, 0.4) is 0 Å². The highest BCUT2D eigenvalue weighted by Gasteiger charge is 2.21. The molecule has 30 heavy (non-hydrogen) atoms. The Hall–Kier alpha value is -2.04. The second kappa shape index (κ2) is 12.6. The maximum absolute atomic E-state index is 11.7. The number of hydrogen-bond acceptors (Lipinski definition) is 4. The molecule has 0 radical (unpaired) electrons. The lowest BCUT2D eigenvalue weighted by Gasteiger charge is -2.23. The molecule has 5 heteroatoms. The van der Waals surface area contributed by atoms with Gasteiger partial charge in [-0.2, -0.15) is 0 Å². The van der Waals surface area contributed by atoms with Crippen molar-refractivity contribution in [1.82, 2.24) is 0 Å². The molecule has 0 saturated carbocycles. The summed E-state index contributed by atoms with van der Waals surface area (Å²) in [4.78, 5) is 22.9. The predicted molar refractivity (Wildman–Crippen MR) is 120 cm³/mol. The molecule has 1 N–H and O–H groups in total. The van der Waals surface area contributed by atoms with Gasteiger partial charge in [-0.25, -0.2) is 4.79 Å². The standard InChI is InChI=1S/C25H40O5/c1-7-29-23(26)17-30-22-16-19(14-15-21(22)25(4,5)6)12-10-8-9-11-13-20(18(2)3)24(27)28/h14-16,18,20H,7-13,17H2,1-6H3,(H,27,28)/t20-/m0/s1. The fourth-order valence-electron chi connectivity index (χ4n) is 3.59. The number of esters is 1. The number of ether oxygens (including phenoxy) is 2. The molecular weight excluding hydrogens is 380 g/mol. The van der Waals surface area contributed by atoms with E-state index >= 15 is 0 Å². The van der Waals surface area contributed by atoms with E-state index in [1.165, 1.54) is 5.56 Å². The monoisotopic (exact) mass is 420 g/mol. The minimum Gasteiger partial charge on any atom is -0.482 e. The summed E-state index contributed by atoms with van der Waals surface area (Å²) in [6.07, 6.45) is 5.80. The molecule has 0 heterocycles. The Morgan fingerprint density at radius 3 is 2.30 bits per heavy atom. The van der Waals surface area contributed by atoms with Crippen molar-refractivity contribution >= 4 is 11.9 Å². The second-order valence-corrected chi connectivity index (χ2v) is 9.32. The van der Waals surface area contributed by atoms with Crippen LogP contribution < -0.4 is 4.74 Å². The van der Waals surface area contributed by atoms with Gasteiger partial charge in [-0.15, -0.1) is 0 Å². The van der Waals surface area contributed by atoms with Gasteiger partial charge < -0.3 is 14.6 Å². The number of rotatable bonds is 13. The SMILES string of the molecule is CCOC(=O)COc1cc(CCCCCC[C@H](C(=O)O)C(C)C)ccc1C(C)(C)C. The van der Waals surface area contributed by atoms with Crippen molar-refractivity contribution in [2.75, 3.05) is 13.2 Å². The number of carbonyl (C=O) groups excluding carboxylic acids is 1. The minimum atomic E-state index is -0.681. The van der Waals surface area contributed by atoms with Crippen LogP contribution >= 0.6 is 0 Å². The van der Waals surface area contributed by atoms with E-state index in [9.17, 15) is 14.7 Å². The van der Waals surface area contributed by atoms with Gasteiger partial charge in [0, 0.05) is 0 Å². The zero-order valence-corrected chi connectivity index (χ0v) is 19.6. The van der Waals surface area contributed by atoms with E-state index in [-0.39, 0.29) is 29.8 Å². The molecule has 0 aliphatic heterocycles. The molecule has 170 valence electrons. The summed E-state index contributed by atoms with van der Waals surface area (Å²) in [5.74, 6) is -0.358. The molecule has 0 aromatic heterocycles. The van der Waals surface area contributed by atoms with E-state index in [4.69, 9.17) is 9.47 Å². The molecule has 0 spiro atoms. The number of unbranched alkanes of at least 4 members (excludes halogenated alkanes) is 3. The second-order valence-electron chi connectivity index (χ2n) is 9.32. The number of aliphatic carboxylic acids is 1. The van der Waals surface area contributed by atoms with Crippen LogP contribution in [0.4, 0.5) is 0 Å². The average molecular weight is 421 g/mol. The largest absolute Gasteiger partial charge is 0.482 e. The highest BCUT2D eigenvalue weighted by Crippen LogP contribution is 2.32. The fraction of sp³-hybridized carbons (Fsp3) is 0.680. The number of benzene rings is 1. The van der Waals surface area contributed by atoms with Crippen LogP contribution in [0.5, 0.6) is 5.75 Å². The molecule has 1 atom stereocenters. The number of hydrogen-bond donors (Lipinski definition) is 1. The lowest BCUT2D eigenvalue weighted by atomic mass is 9.85. The van der Waals surface area contributed by atoms with E-state index in [0.717, 1.165) is 49.8 Å². The maximum atomic E-state index is 11.7. The van der Waals surface area contributed by atoms with Crippen molar-refractivity contribution < 1.29 is 24.2 Å². The summed E-state index contributed by atoms with van der Waals surface area (Å²) < 4.78 is 10.8. The molecule has 0 aliphatic rings. The Morgan fingerprint density at radius 2 is 1.73 bits per heavy atom. The first-order chi connectivity index (χ1) is 14.1. The third-order valence-corrected chi connectivity index (χ3v) is 5.36. The van der Waals surface area contributed by atoms with Gasteiger partial charge in [0.15, 0.2) is 6.61 Å². The van der Waals surface area contributed by atoms with Crippen LogP contribution in [0, 0.1) is 11.8 Å². The number of carboxylic acid groups (broad SMARTS) is 1. The highest BCUT2D eigenvalue weighted by atomic mass is 16.6. The summed E-state index contributed by atoms with van der Waals surface area (Å²) in [7, 11) is 0. The lowest BCUT2D eigenvalue weighted by molar-refractivity contribution is -0.145. The molecule has 0 saturated heterocycles. The molecule has 0 amide bonds. The topological polar surface area (TPSA) is 72.8 Å². The van der Waals surface area contributed by atoms with Crippen molar-refractivity contribution in [2.24, 2.45) is 11.8 Å². The Labute approximate surface area is 182 Å². The summed E-state index contributed by atoms with van der Waals surface area (Å²) in [5, 5.41) is 9.27. The zero-order chi connectivity index (χ0) is 22.7. The number of aryl methyl sites for hydroxylation is 1. The van der Waals surface area contributed by atoms with Gasteiger partial charge in [0.2, 0.25) is 0 Å². The van der Waals surface area contributed by atoms with E-state index in [2.05, 4.69) is 32.9 Å². The summed E-state index contributed by atoms with van der Waals surface area (Å²) in [6.45, 7) is 12.4. The van der Waals surface area contributed by atoms with Crippen LogP contribution in [0.2, 0.25) is 0 Å². The molecule has 1 rings (SSSR count). The van der Waals surface area contributed by atoms with Gasteiger partial charge in [-0.3, -0.25) is 4.79 Å². The van der Waals surface area contributed by atoms with Crippen molar-refractivity contribution in [2.45, 2.75) is 85.5 Å². The Morgan fingerprint density at radius 1 is 1.07 bits per heavy atom. The molecular formula is C25H40O5. The van der Waals surface area contributed by atoms with Crippen LogP contribution in [-0.4, -0.2) is 30.3 Å². The van der Waals surface area contributed by atoms with E-state index in [1.807, 2.05) is 19.9 Å². The lowest BCUT2D eigenvalue weighted by Crippen LogP contribution is -2.19. The van der Waals surface area contributed by atoms with Crippen LogP contribution in [0.15, 0.2) is 18.2 Å². The quantitative estimate of drug-likeness (QED) is 0.324. The van der Waals surface area contributed by atoms with E-state index < -0.39 is 5.97 Å². The van der Waals surface area contributed by atoms with Crippen molar-refractivity contribution in [3.8, 4) is 5.75 Å². The van der Waals surface area contributed by atoms with E-state index in [0.29, 0.717) is 6.61 Å². The van der Waals surface area contributed by atoms with Gasteiger partial charge in [0.05, 0.1) is 12.5 Å². The highest BCUT2D eigenvalue weighted by molar-refractivity contribution is 5.71. The van der Waals surface area contributed by atoms with Gasteiger partial charge in [-0.05, 0) is 54.7 Å². The van der Waals surface area contributed by atoms with Gasteiger partial charge >= 0.3 is 11.9 Å². The molecule has 0 aliphatic carbocycles. The molecule has 0 bridgehead atoms. The van der Waals surface area contributed by atoms with E-state index in [1.54, 1.807) is 6.92 Å². The average Bonchev–Trinajstić information content (AvgIpc) is 2.64. The van der Waals surface area contributed by atoms with Crippen LogP contribution in [0.25, 0.3) is 0 Å². The first-order valence-electron chi connectivity index (χ1n) is 11.2.